The lowest BCUT2D eigenvalue weighted by atomic mass is 10.0. The van der Waals surface area contributed by atoms with Crippen molar-refractivity contribution in [3.63, 3.8) is 0 Å². The lowest BCUT2D eigenvalue weighted by molar-refractivity contribution is -0.118. The molecule has 2 amide bonds. The molecule has 0 radical (unpaired) electrons. The van der Waals surface area contributed by atoms with Gasteiger partial charge in [0.2, 0.25) is 5.91 Å². The monoisotopic (exact) mass is 466 g/mol. The maximum absolute atomic E-state index is 13.2. The molecule has 0 saturated carbocycles. The van der Waals surface area contributed by atoms with Crippen molar-refractivity contribution < 1.29 is 23.9 Å². The third-order valence-corrected chi connectivity index (χ3v) is 10.3. The van der Waals surface area contributed by atoms with Gasteiger partial charge in [0.1, 0.15) is 5.60 Å². The van der Waals surface area contributed by atoms with E-state index in [0.29, 0.717) is 11.3 Å². The van der Waals surface area contributed by atoms with Gasteiger partial charge in [-0.05, 0) is 41.5 Å². The summed E-state index contributed by atoms with van der Waals surface area (Å²) >= 11 is 0. The van der Waals surface area contributed by atoms with Gasteiger partial charge in [0, 0.05) is 10.6 Å². The zero-order valence-corrected chi connectivity index (χ0v) is 22.3. The molecular weight excluding hydrogens is 428 g/mol. The van der Waals surface area contributed by atoms with Gasteiger partial charge in [-0.25, -0.2) is 9.59 Å². The second-order valence-corrected chi connectivity index (χ2v) is 17.0. The van der Waals surface area contributed by atoms with Crippen molar-refractivity contribution in [2.75, 3.05) is 11.9 Å². The number of nitrogens with zero attached hydrogens (tertiary/aromatic N) is 3. The Bertz CT molecular complexity index is 922. The van der Waals surface area contributed by atoms with E-state index in [9.17, 15) is 14.4 Å². The molecule has 2 heterocycles. The first-order valence-electron chi connectivity index (χ1n) is 11.0. The summed E-state index contributed by atoms with van der Waals surface area (Å²) in [4.78, 5) is 40.4. The van der Waals surface area contributed by atoms with E-state index in [0.717, 1.165) is 4.68 Å². The van der Waals surface area contributed by atoms with Crippen LogP contribution in [0.3, 0.4) is 0 Å². The second kappa shape index (κ2) is 8.20. The van der Waals surface area contributed by atoms with Crippen molar-refractivity contribution in [1.29, 1.82) is 0 Å². The number of aromatic nitrogens is 2. The van der Waals surface area contributed by atoms with Gasteiger partial charge >= 0.3 is 12.2 Å². The Morgan fingerprint density at radius 3 is 2.12 bits per heavy atom. The van der Waals surface area contributed by atoms with E-state index < -0.39 is 36.4 Å². The van der Waals surface area contributed by atoms with Crippen LogP contribution in [-0.2, 0) is 26.4 Å². The summed E-state index contributed by atoms with van der Waals surface area (Å²) in [7, 11) is -1.86. The maximum atomic E-state index is 13.2. The summed E-state index contributed by atoms with van der Waals surface area (Å²) in [5.41, 5.74) is -0.473. The quantitative estimate of drug-likeness (QED) is 0.631. The van der Waals surface area contributed by atoms with E-state index in [1.54, 1.807) is 32.6 Å². The van der Waals surface area contributed by atoms with Gasteiger partial charge in [-0.15, -0.1) is 5.10 Å². The maximum Gasteiger partial charge on any atom is 0.435 e. The highest BCUT2D eigenvalue weighted by atomic mass is 28.3. The zero-order chi connectivity index (χ0) is 24.9. The Hall–Kier alpha value is -2.36. The highest BCUT2D eigenvalue weighted by Crippen LogP contribution is 2.44. The number of hydrogen-bond acceptors (Lipinski definition) is 6. The van der Waals surface area contributed by atoms with Crippen LogP contribution >= 0.6 is 0 Å². The molecule has 0 aliphatic carbocycles. The van der Waals surface area contributed by atoms with Crippen LogP contribution in [0.25, 0.3) is 0 Å². The number of carbonyl (C=O) groups excluding carboxylic acids is 3. The Labute approximate surface area is 191 Å². The molecule has 0 unspecified atom stereocenters. The van der Waals surface area contributed by atoms with Crippen LogP contribution in [0.2, 0.25) is 24.7 Å². The molecule has 32 heavy (non-hydrogen) atoms. The van der Waals surface area contributed by atoms with Crippen LogP contribution in [0.1, 0.15) is 66.6 Å². The third kappa shape index (κ3) is 4.69. The normalized spacial score (nSPS) is 15.9. The predicted molar refractivity (Wildman–Crippen MR) is 125 cm³/mol. The molecular formula is C22H38N4O5Si. The number of nitrogens with one attached hydrogen (secondary N) is 1. The average Bonchev–Trinajstić information content (AvgIpc) is 3.08. The van der Waals surface area contributed by atoms with Gasteiger partial charge in [-0.2, -0.15) is 4.68 Å². The molecule has 1 aliphatic heterocycles. The van der Waals surface area contributed by atoms with Gasteiger partial charge in [-0.3, -0.25) is 9.69 Å². The largest absolute Gasteiger partial charge is 0.448 e. The summed E-state index contributed by atoms with van der Waals surface area (Å²) in [6, 6.07) is 0. The zero-order valence-electron chi connectivity index (χ0n) is 21.3. The summed E-state index contributed by atoms with van der Waals surface area (Å²) in [6.45, 7) is 21.3. The topological polar surface area (TPSA) is 103 Å². The summed E-state index contributed by atoms with van der Waals surface area (Å²) < 4.78 is 11.9. The molecule has 1 aliphatic rings. The van der Waals surface area contributed by atoms with Crippen molar-refractivity contribution in [2.24, 2.45) is 0 Å². The molecule has 1 aromatic rings. The molecule has 10 heteroatoms. The summed E-state index contributed by atoms with van der Waals surface area (Å²) in [5, 5.41) is 6.75. The van der Waals surface area contributed by atoms with E-state index >= 15 is 0 Å². The van der Waals surface area contributed by atoms with Gasteiger partial charge in [0.05, 0.1) is 32.5 Å². The molecule has 9 nitrogen and oxygen atoms in total. The minimum absolute atomic E-state index is 0.152. The van der Waals surface area contributed by atoms with Crippen LogP contribution in [-0.4, -0.2) is 53.1 Å². The fourth-order valence-electron chi connectivity index (χ4n) is 3.34. The number of ether oxygens (including phenoxy) is 2. The molecule has 180 valence electrons. The van der Waals surface area contributed by atoms with E-state index in [1.165, 1.54) is 0 Å². The molecule has 0 saturated heterocycles. The molecule has 1 aromatic heterocycles. The fraction of sp³-hybridized carbons (Fsp3) is 0.727. The Morgan fingerprint density at radius 1 is 1.09 bits per heavy atom. The van der Waals surface area contributed by atoms with Crippen molar-refractivity contribution in [3.05, 3.63) is 11.3 Å². The Morgan fingerprint density at radius 2 is 1.66 bits per heavy atom. The number of anilines is 1. The highest BCUT2D eigenvalue weighted by molar-refractivity contribution is 6.82. The first-order valence-corrected chi connectivity index (χ1v) is 14.5. The van der Waals surface area contributed by atoms with Crippen LogP contribution in [0.5, 0.6) is 0 Å². The van der Waals surface area contributed by atoms with E-state index in [1.807, 2.05) is 27.7 Å². The molecule has 2 rings (SSSR count). The van der Waals surface area contributed by atoms with Gasteiger partial charge in [0.15, 0.2) is 5.82 Å². The predicted octanol–water partition coefficient (Wildman–Crippen LogP) is 4.93. The minimum Gasteiger partial charge on any atom is -0.448 e. The molecule has 0 atom stereocenters. The van der Waals surface area contributed by atoms with Crippen molar-refractivity contribution in [3.8, 4) is 0 Å². The Balaban J connectivity index is 2.54. The Kier molecular flexibility index (Phi) is 6.64. The number of amides is 2. The van der Waals surface area contributed by atoms with Gasteiger partial charge < -0.3 is 14.8 Å². The van der Waals surface area contributed by atoms with E-state index in [4.69, 9.17) is 9.47 Å². The van der Waals surface area contributed by atoms with Crippen molar-refractivity contribution >= 4 is 32.0 Å². The lowest BCUT2D eigenvalue weighted by Gasteiger charge is -2.35. The second-order valence-electron chi connectivity index (χ2n) is 11.2. The average molecular weight is 467 g/mol. The fourth-order valence-corrected chi connectivity index (χ4v) is 4.09. The standard InChI is InChI=1S/C22H38N4O5Si/c1-12-30-19(29)26-15-14(13-25(21(15,5)6)18(28)31-20(2,3)4)16(24-26)23-17(27)22(7,8)32(9,10)11/h12-13H2,1-11H3,(H,23,24,27). The van der Waals surface area contributed by atoms with Crippen molar-refractivity contribution in [2.45, 2.75) is 97.8 Å². The third-order valence-electron chi connectivity index (χ3n) is 6.28. The molecule has 0 aromatic carbocycles. The first-order chi connectivity index (χ1) is 14.3. The van der Waals surface area contributed by atoms with Crippen LogP contribution in [0, 0.1) is 0 Å². The summed E-state index contributed by atoms with van der Waals surface area (Å²) in [6.07, 6.45) is -1.17. The highest BCUT2D eigenvalue weighted by Gasteiger charge is 2.49. The van der Waals surface area contributed by atoms with Crippen LogP contribution in [0.15, 0.2) is 0 Å². The molecule has 0 spiro atoms. The van der Waals surface area contributed by atoms with Crippen molar-refractivity contribution in [1.82, 2.24) is 14.7 Å². The minimum atomic E-state index is -1.86. The molecule has 0 bridgehead atoms. The number of fused-ring (bicyclic) bond motifs is 1. The first kappa shape index (κ1) is 25.9. The smallest absolute Gasteiger partial charge is 0.435 e. The van der Waals surface area contributed by atoms with E-state index in [2.05, 4.69) is 30.1 Å². The summed E-state index contributed by atoms with van der Waals surface area (Å²) in [5.74, 6) is 0.102. The molecule has 1 N–H and O–H groups in total. The lowest BCUT2D eigenvalue weighted by Crippen LogP contribution is -2.45. The number of hydrogen-bond donors (Lipinski definition) is 1. The van der Waals surface area contributed by atoms with Crippen LogP contribution in [0.4, 0.5) is 15.4 Å². The SMILES string of the molecule is CCOC(=O)n1nc(NC(=O)C(C)(C)[Si](C)(C)C)c2c1C(C)(C)N(C(=O)OC(C)(C)C)C2. The van der Waals surface area contributed by atoms with Crippen LogP contribution < -0.4 is 5.32 Å². The van der Waals surface area contributed by atoms with Gasteiger partial charge in [0.25, 0.3) is 0 Å². The number of rotatable bonds is 4. The van der Waals surface area contributed by atoms with Gasteiger partial charge in [-0.1, -0.05) is 33.5 Å². The number of carbonyl (C=O) groups is 3. The molecule has 0 fully saturated rings. The van der Waals surface area contributed by atoms with E-state index in [-0.39, 0.29) is 24.9 Å².